The zero-order chi connectivity index (χ0) is 29.2. The molecule has 0 aliphatic heterocycles. The molecule has 0 atom stereocenters. The summed E-state index contributed by atoms with van der Waals surface area (Å²) in [6, 6.07) is 26.8. The van der Waals surface area contributed by atoms with Crippen molar-refractivity contribution in [1.29, 1.82) is 10.5 Å². The van der Waals surface area contributed by atoms with Crippen LogP contribution in [0.3, 0.4) is 0 Å². The molecule has 4 aromatic carbocycles. The molecule has 202 valence electrons. The van der Waals surface area contributed by atoms with Crippen LogP contribution in [0.4, 0.5) is 0 Å². The van der Waals surface area contributed by atoms with Crippen LogP contribution in [0.1, 0.15) is 49.7 Å². The number of amides is 1. The van der Waals surface area contributed by atoms with Crippen molar-refractivity contribution < 1.29 is 15.0 Å². The maximum Gasteiger partial charge on any atom is 0.271 e. The van der Waals surface area contributed by atoms with Crippen molar-refractivity contribution in [3.8, 4) is 23.6 Å². The lowest BCUT2D eigenvalue weighted by atomic mass is 9.84. The Morgan fingerprint density at radius 2 is 1.38 bits per heavy atom. The van der Waals surface area contributed by atoms with Gasteiger partial charge in [0.1, 0.15) is 0 Å². The highest BCUT2D eigenvalue weighted by Crippen LogP contribution is 2.40. The quantitative estimate of drug-likeness (QED) is 0.101. The SMILES string of the molecule is N#Cc1ccc2[nH]cc(C(c3ccc(C(=O)N/N=C/c4ccc(O)c(O)c4)cc3)c3c[nH]c4ccc(C#N)cc34)c2c1. The number of hydrazone groups is 1. The van der Waals surface area contributed by atoms with E-state index >= 15 is 0 Å². The van der Waals surface area contributed by atoms with E-state index in [1.54, 1.807) is 30.3 Å². The van der Waals surface area contributed by atoms with Crippen LogP contribution in [0.15, 0.2) is 96.4 Å². The first-order chi connectivity index (χ1) is 20.4. The second-order valence-corrected chi connectivity index (χ2v) is 9.73. The number of H-pyrrole nitrogens is 2. The minimum atomic E-state index is -0.422. The number of nitrogens with zero attached hydrogens (tertiary/aromatic N) is 3. The number of carbonyl (C=O) groups excluding carboxylic acids is 1. The van der Waals surface area contributed by atoms with Gasteiger partial charge >= 0.3 is 0 Å². The van der Waals surface area contributed by atoms with Crippen LogP contribution >= 0.6 is 0 Å². The number of phenols is 2. The molecule has 0 spiro atoms. The summed E-state index contributed by atoms with van der Waals surface area (Å²) in [5.41, 5.74) is 9.03. The number of carbonyl (C=O) groups is 1. The van der Waals surface area contributed by atoms with Crippen LogP contribution in [0.25, 0.3) is 21.8 Å². The number of nitrogens with one attached hydrogen (secondary N) is 3. The number of benzene rings is 4. The molecule has 6 aromatic rings. The Morgan fingerprint density at radius 3 is 1.93 bits per heavy atom. The molecule has 6 rings (SSSR count). The zero-order valence-electron chi connectivity index (χ0n) is 22.0. The van der Waals surface area contributed by atoms with Gasteiger partial charge in [-0.05, 0) is 89.0 Å². The van der Waals surface area contributed by atoms with Gasteiger partial charge in [0.25, 0.3) is 5.91 Å². The molecule has 2 heterocycles. The van der Waals surface area contributed by atoms with Gasteiger partial charge in [0.15, 0.2) is 11.5 Å². The van der Waals surface area contributed by atoms with Crippen molar-refractivity contribution in [1.82, 2.24) is 15.4 Å². The minimum absolute atomic E-state index is 0.245. The molecule has 9 heteroatoms. The largest absolute Gasteiger partial charge is 0.504 e. The van der Waals surface area contributed by atoms with E-state index in [1.165, 1.54) is 18.3 Å². The smallest absolute Gasteiger partial charge is 0.271 e. The molecule has 5 N–H and O–H groups in total. The number of hydrogen-bond acceptors (Lipinski definition) is 6. The van der Waals surface area contributed by atoms with Crippen molar-refractivity contribution in [2.75, 3.05) is 0 Å². The number of nitriles is 2. The second-order valence-electron chi connectivity index (χ2n) is 9.73. The summed E-state index contributed by atoms with van der Waals surface area (Å²) in [5, 5.41) is 43.9. The van der Waals surface area contributed by atoms with Crippen LogP contribution in [0.2, 0.25) is 0 Å². The number of fused-ring (bicyclic) bond motifs is 2. The summed E-state index contributed by atoms with van der Waals surface area (Å²) in [6.45, 7) is 0. The standard InChI is InChI=1S/C33H22N6O3/c34-14-19-1-8-28-24(11-19)26(17-36-28)32(27-18-37-29-9-2-20(15-35)12-25(27)29)22-4-6-23(7-5-22)33(42)39-38-16-21-3-10-30(40)31(41)13-21/h1-13,16-18,32,36-37,40-41H,(H,39,42)/b38-16+. The van der Waals surface area contributed by atoms with E-state index < -0.39 is 5.91 Å². The molecular formula is C33H22N6O3. The zero-order valence-corrected chi connectivity index (χ0v) is 22.0. The Morgan fingerprint density at radius 1 is 0.786 bits per heavy atom. The lowest BCUT2D eigenvalue weighted by molar-refractivity contribution is 0.0955. The van der Waals surface area contributed by atoms with Crippen molar-refractivity contribution in [3.63, 3.8) is 0 Å². The van der Waals surface area contributed by atoms with Gasteiger partial charge in [-0.2, -0.15) is 15.6 Å². The summed E-state index contributed by atoms with van der Waals surface area (Å²) >= 11 is 0. The van der Waals surface area contributed by atoms with Crippen molar-refractivity contribution in [2.45, 2.75) is 5.92 Å². The number of hydrogen-bond donors (Lipinski definition) is 5. The molecular weight excluding hydrogens is 528 g/mol. The summed E-state index contributed by atoms with van der Waals surface area (Å²) in [4.78, 5) is 19.4. The highest BCUT2D eigenvalue weighted by atomic mass is 16.3. The lowest BCUT2D eigenvalue weighted by Crippen LogP contribution is -2.17. The molecule has 9 nitrogen and oxygen atoms in total. The third kappa shape index (κ3) is 4.79. The van der Waals surface area contributed by atoms with E-state index in [9.17, 15) is 25.5 Å². The maximum absolute atomic E-state index is 12.8. The van der Waals surface area contributed by atoms with Gasteiger partial charge in [0.05, 0.1) is 29.5 Å². The monoisotopic (exact) mass is 550 g/mol. The molecule has 0 saturated carbocycles. The number of phenolic OH excluding ortho intramolecular Hbond substituents is 2. The van der Waals surface area contributed by atoms with Crippen molar-refractivity contribution in [3.05, 3.63) is 130 Å². The molecule has 1 amide bonds. The summed E-state index contributed by atoms with van der Waals surface area (Å²) < 4.78 is 0. The normalized spacial score (nSPS) is 11.2. The maximum atomic E-state index is 12.8. The van der Waals surface area contributed by atoms with Gasteiger partial charge in [-0.1, -0.05) is 12.1 Å². The number of aromatic hydroxyl groups is 2. The van der Waals surface area contributed by atoms with Crippen LogP contribution in [0, 0.1) is 22.7 Å². The third-order valence-electron chi connectivity index (χ3n) is 7.19. The van der Waals surface area contributed by atoms with E-state index in [0.29, 0.717) is 22.3 Å². The van der Waals surface area contributed by atoms with E-state index in [1.807, 2.05) is 48.8 Å². The van der Waals surface area contributed by atoms with Gasteiger partial charge in [0, 0.05) is 45.7 Å². The molecule has 0 bridgehead atoms. The molecule has 0 fully saturated rings. The minimum Gasteiger partial charge on any atom is -0.504 e. The van der Waals surface area contributed by atoms with Gasteiger partial charge in [-0.3, -0.25) is 4.79 Å². The lowest BCUT2D eigenvalue weighted by Gasteiger charge is -2.18. The molecule has 0 saturated heterocycles. The molecule has 2 aromatic heterocycles. The molecule has 0 aliphatic carbocycles. The average Bonchev–Trinajstić information content (AvgIpc) is 3.63. The fourth-order valence-corrected chi connectivity index (χ4v) is 5.11. The average molecular weight is 551 g/mol. The van der Waals surface area contributed by atoms with Crippen LogP contribution < -0.4 is 5.43 Å². The Kier molecular flexibility index (Phi) is 6.60. The number of rotatable bonds is 6. The first-order valence-electron chi connectivity index (χ1n) is 12.9. The van der Waals surface area contributed by atoms with Crippen LogP contribution in [0.5, 0.6) is 11.5 Å². The number of aromatic nitrogens is 2. The van der Waals surface area contributed by atoms with Crippen molar-refractivity contribution in [2.24, 2.45) is 5.10 Å². The Balaban J connectivity index is 1.37. The van der Waals surface area contributed by atoms with Crippen molar-refractivity contribution >= 4 is 33.9 Å². The predicted molar refractivity (Wildman–Crippen MR) is 158 cm³/mol. The van der Waals surface area contributed by atoms with Crippen LogP contribution in [-0.2, 0) is 0 Å². The first kappa shape index (κ1) is 25.9. The van der Waals surface area contributed by atoms with E-state index in [0.717, 1.165) is 38.5 Å². The summed E-state index contributed by atoms with van der Waals surface area (Å²) in [6.07, 6.45) is 5.22. The first-order valence-corrected chi connectivity index (χ1v) is 12.9. The van der Waals surface area contributed by atoms with Crippen LogP contribution in [-0.4, -0.2) is 32.3 Å². The van der Waals surface area contributed by atoms with E-state index in [4.69, 9.17) is 0 Å². The fourth-order valence-electron chi connectivity index (χ4n) is 5.11. The van der Waals surface area contributed by atoms with Gasteiger partial charge in [0.2, 0.25) is 0 Å². The highest BCUT2D eigenvalue weighted by Gasteiger charge is 2.24. The summed E-state index contributed by atoms with van der Waals surface area (Å²) in [5.74, 6) is -1.24. The van der Waals surface area contributed by atoms with Gasteiger partial charge < -0.3 is 20.2 Å². The van der Waals surface area contributed by atoms with E-state index in [2.05, 4.69) is 32.6 Å². The Labute approximate surface area is 239 Å². The Bertz CT molecular complexity index is 2000. The highest BCUT2D eigenvalue weighted by molar-refractivity contribution is 5.95. The fraction of sp³-hybridized carbons (Fsp3) is 0.0303. The second kappa shape index (κ2) is 10.7. The van der Waals surface area contributed by atoms with Gasteiger partial charge in [-0.15, -0.1) is 0 Å². The molecule has 0 radical (unpaired) electrons. The molecule has 42 heavy (non-hydrogen) atoms. The third-order valence-corrected chi connectivity index (χ3v) is 7.19. The van der Waals surface area contributed by atoms with Gasteiger partial charge in [-0.25, -0.2) is 5.43 Å². The van der Waals surface area contributed by atoms with E-state index in [-0.39, 0.29) is 17.4 Å². The molecule has 0 unspecified atom stereocenters. The predicted octanol–water partition coefficient (Wildman–Crippen LogP) is 5.75. The molecule has 0 aliphatic rings. The number of aromatic amines is 2. The Hall–Kier alpha value is -6.32. The summed E-state index contributed by atoms with van der Waals surface area (Å²) in [7, 11) is 0. The topological polar surface area (TPSA) is 161 Å².